The number of aliphatic hydroxyl groups excluding tert-OH is 2. The lowest BCUT2D eigenvalue weighted by atomic mass is 9.66. The molecule has 2 aliphatic heterocycles. The first-order valence-corrected chi connectivity index (χ1v) is 8.77. The van der Waals surface area contributed by atoms with Crippen LogP contribution in [0.5, 0.6) is 11.5 Å². The molecule has 2 aromatic carbocycles. The van der Waals surface area contributed by atoms with Gasteiger partial charge in [0, 0.05) is 12.3 Å². The number of ether oxygens (including phenoxy) is 3. The normalized spacial score (nSPS) is 39.3. The molecule has 0 amide bonds. The Morgan fingerprint density at radius 3 is 2.40 bits per heavy atom. The average Bonchev–Trinajstić information content (AvgIpc) is 2.81. The van der Waals surface area contributed by atoms with Crippen molar-refractivity contribution >= 4 is 10.8 Å². The predicted molar refractivity (Wildman–Crippen MR) is 89.3 cm³/mol. The maximum Gasteiger partial charge on any atom is 0.283 e. The maximum absolute atomic E-state index is 10.5. The predicted octanol–water partition coefficient (Wildman–Crippen LogP) is 2.00. The molecule has 4 aliphatic rings. The van der Waals surface area contributed by atoms with Crippen molar-refractivity contribution in [1.82, 2.24) is 0 Å². The third-order valence-electron chi connectivity index (χ3n) is 6.16. The Kier molecular flexibility index (Phi) is 2.57. The summed E-state index contributed by atoms with van der Waals surface area (Å²) < 4.78 is 19.1. The summed E-state index contributed by atoms with van der Waals surface area (Å²) >= 11 is 0. The van der Waals surface area contributed by atoms with Gasteiger partial charge in [0.15, 0.2) is 0 Å². The van der Waals surface area contributed by atoms with Crippen LogP contribution in [0.25, 0.3) is 10.8 Å². The van der Waals surface area contributed by atoms with Crippen molar-refractivity contribution < 1.29 is 24.4 Å². The van der Waals surface area contributed by atoms with Crippen LogP contribution in [-0.2, 0) is 4.74 Å². The largest absolute Gasteiger partial charge is 0.449 e. The van der Waals surface area contributed by atoms with E-state index >= 15 is 0 Å². The lowest BCUT2D eigenvalue weighted by Gasteiger charge is -2.50. The third kappa shape index (κ3) is 1.64. The fourth-order valence-electron chi connectivity index (χ4n) is 5.17. The highest BCUT2D eigenvalue weighted by Gasteiger charge is 2.70. The fraction of sp³-hybridized carbons (Fsp3) is 0.400. The molecule has 25 heavy (non-hydrogen) atoms. The molecule has 6 unspecified atom stereocenters. The Bertz CT molecular complexity index is 865. The molecule has 1 saturated heterocycles. The molecule has 2 bridgehead atoms. The maximum atomic E-state index is 10.5. The van der Waals surface area contributed by atoms with Crippen LogP contribution in [0.2, 0.25) is 0 Å². The van der Waals surface area contributed by atoms with E-state index in [0.717, 1.165) is 22.3 Å². The molecule has 2 N–H and O–H groups in total. The molecule has 2 fully saturated rings. The van der Waals surface area contributed by atoms with Crippen molar-refractivity contribution in [2.45, 2.75) is 36.6 Å². The van der Waals surface area contributed by atoms with Crippen LogP contribution in [0.15, 0.2) is 48.6 Å². The minimum absolute atomic E-state index is 0.222. The summed E-state index contributed by atoms with van der Waals surface area (Å²) in [5, 5.41) is 23.0. The molecule has 2 aromatic rings. The Labute approximate surface area is 144 Å². The van der Waals surface area contributed by atoms with E-state index in [1.165, 1.54) is 0 Å². The highest BCUT2D eigenvalue weighted by atomic mass is 16.7. The van der Waals surface area contributed by atoms with Gasteiger partial charge in [-0.15, -0.1) is 0 Å². The molecule has 0 radical (unpaired) electrons. The smallest absolute Gasteiger partial charge is 0.283 e. The lowest BCUT2D eigenvalue weighted by Crippen LogP contribution is -2.65. The number of hydrogen-bond acceptors (Lipinski definition) is 5. The van der Waals surface area contributed by atoms with Crippen LogP contribution in [0.1, 0.15) is 6.42 Å². The van der Waals surface area contributed by atoms with Crippen molar-refractivity contribution in [1.29, 1.82) is 0 Å². The minimum atomic E-state index is -1.01. The molecule has 1 spiro atoms. The fourth-order valence-corrected chi connectivity index (χ4v) is 5.17. The van der Waals surface area contributed by atoms with Gasteiger partial charge in [0.2, 0.25) is 0 Å². The van der Waals surface area contributed by atoms with Crippen LogP contribution in [-0.4, -0.2) is 40.4 Å². The van der Waals surface area contributed by atoms with Gasteiger partial charge >= 0.3 is 0 Å². The molecule has 0 aromatic heterocycles. The van der Waals surface area contributed by atoms with Crippen LogP contribution in [0, 0.1) is 11.8 Å². The Morgan fingerprint density at radius 2 is 1.68 bits per heavy atom. The molecule has 128 valence electrons. The van der Waals surface area contributed by atoms with Crippen molar-refractivity contribution in [3.63, 3.8) is 0 Å². The molecule has 5 nitrogen and oxygen atoms in total. The second-order valence-corrected chi connectivity index (χ2v) is 7.41. The first-order chi connectivity index (χ1) is 12.2. The number of benzene rings is 2. The van der Waals surface area contributed by atoms with Crippen LogP contribution >= 0.6 is 0 Å². The van der Waals surface area contributed by atoms with E-state index in [1.807, 2.05) is 42.5 Å². The van der Waals surface area contributed by atoms with Gasteiger partial charge in [-0.2, -0.15) is 0 Å². The summed E-state index contributed by atoms with van der Waals surface area (Å²) in [6.45, 7) is 0. The first kappa shape index (κ1) is 14.1. The summed E-state index contributed by atoms with van der Waals surface area (Å²) in [5.74, 6) is -0.0909. The van der Waals surface area contributed by atoms with Crippen molar-refractivity contribution in [2.24, 2.45) is 11.8 Å². The Balaban J connectivity index is 1.55. The highest BCUT2D eigenvalue weighted by Crippen LogP contribution is 2.57. The van der Waals surface area contributed by atoms with Gasteiger partial charge in [0.25, 0.3) is 5.79 Å². The van der Waals surface area contributed by atoms with Gasteiger partial charge in [0.05, 0.1) is 29.6 Å². The van der Waals surface area contributed by atoms with Gasteiger partial charge < -0.3 is 24.4 Å². The zero-order chi connectivity index (χ0) is 16.8. The van der Waals surface area contributed by atoms with E-state index in [2.05, 4.69) is 0 Å². The quantitative estimate of drug-likeness (QED) is 0.719. The lowest BCUT2D eigenvalue weighted by molar-refractivity contribution is -0.227. The Hall–Kier alpha value is -2.08. The topological polar surface area (TPSA) is 68.2 Å². The van der Waals surface area contributed by atoms with Gasteiger partial charge in [0.1, 0.15) is 17.6 Å². The summed E-state index contributed by atoms with van der Waals surface area (Å²) in [7, 11) is 0. The van der Waals surface area contributed by atoms with Crippen LogP contribution in [0.4, 0.5) is 0 Å². The number of hydrogen-bond donors (Lipinski definition) is 2. The number of rotatable bonds is 0. The first-order valence-electron chi connectivity index (χ1n) is 8.77. The third-order valence-corrected chi connectivity index (χ3v) is 6.16. The average molecular weight is 338 g/mol. The van der Waals surface area contributed by atoms with Crippen LogP contribution < -0.4 is 9.47 Å². The molecule has 6 atom stereocenters. The molecule has 1 saturated carbocycles. The highest BCUT2D eigenvalue weighted by molar-refractivity contribution is 5.94. The standard InChI is InChI=1S/C20H18O5/c21-11-7-8-15-19-18(11)12(22)9-16(23-15)20(19)24-13-5-1-3-10-4-2-6-14(25-20)17(10)13/h1-8,11-12,15-16,18-19,21-22H,9H2. The summed E-state index contributed by atoms with van der Waals surface area (Å²) in [4.78, 5) is 0. The van der Waals surface area contributed by atoms with Gasteiger partial charge in [-0.1, -0.05) is 36.4 Å². The summed E-state index contributed by atoms with van der Waals surface area (Å²) in [5.41, 5.74) is 0. The van der Waals surface area contributed by atoms with Crippen molar-refractivity contribution in [3.05, 3.63) is 48.6 Å². The number of aliphatic hydroxyl groups is 2. The molecule has 2 aliphatic carbocycles. The summed E-state index contributed by atoms with van der Waals surface area (Å²) in [6, 6.07) is 11.9. The minimum Gasteiger partial charge on any atom is -0.449 e. The molecule has 6 rings (SSSR count). The second kappa shape index (κ2) is 4.55. The Morgan fingerprint density at radius 1 is 0.960 bits per heavy atom. The van der Waals surface area contributed by atoms with Crippen molar-refractivity contribution in [2.75, 3.05) is 0 Å². The molecule has 2 heterocycles. The van der Waals surface area contributed by atoms with E-state index in [0.29, 0.717) is 6.42 Å². The van der Waals surface area contributed by atoms with Crippen molar-refractivity contribution in [3.8, 4) is 11.5 Å². The van der Waals surface area contributed by atoms with Gasteiger partial charge in [-0.05, 0) is 17.5 Å². The zero-order valence-corrected chi connectivity index (χ0v) is 13.4. The van der Waals surface area contributed by atoms with Crippen LogP contribution in [0.3, 0.4) is 0 Å². The van der Waals surface area contributed by atoms with Gasteiger partial charge in [-0.25, -0.2) is 0 Å². The molecule has 5 heteroatoms. The van der Waals surface area contributed by atoms with E-state index in [4.69, 9.17) is 14.2 Å². The van der Waals surface area contributed by atoms with E-state index in [-0.39, 0.29) is 24.0 Å². The van der Waals surface area contributed by atoms with E-state index < -0.39 is 18.0 Å². The monoisotopic (exact) mass is 338 g/mol. The zero-order valence-electron chi connectivity index (χ0n) is 13.4. The SMILES string of the molecule is OC1C=CC2OC3CC(O)C1C2C31Oc2cccc3cccc(c23)O1. The van der Waals surface area contributed by atoms with E-state index in [1.54, 1.807) is 6.08 Å². The second-order valence-electron chi connectivity index (χ2n) is 7.41. The summed E-state index contributed by atoms with van der Waals surface area (Å²) in [6.07, 6.45) is 2.01. The molecular formula is C20H18O5. The van der Waals surface area contributed by atoms with E-state index in [9.17, 15) is 10.2 Å². The molecular weight excluding hydrogens is 320 g/mol. The van der Waals surface area contributed by atoms with Gasteiger partial charge in [-0.3, -0.25) is 0 Å².